The van der Waals surface area contributed by atoms with Crippen molar-refractivity contribution in [3.8, 4) is 0 Å². The van der Waals surface area contributed by atoms with Gasteiger partial charge in [0.25, 0.3) is 0 Å². The van der Waals surface area contributed by atoms with Gasteiger partial charge in [-0.25, -0.2) is 5.01 Å². The van der Waals surface area contributed by atoms with Crippen LogP contribution in [0.4, 0.5) is 0 Å². The quantitative estimate of drug-likeness (QED) is 0.412. The zero-order valence-electron chi connectivity index (χ0n) is 7.78. The Balaban J connectivity index is 3.25. The average molecular weight is 160 g/mol. The minimum atomic E-state index is 1.02. The van der Waals surface area contributed by atoms with Crippen molar-refractivity contribution < 1.29 is 0 Å². The predicted molar refractivity (Wildman–Crippen MR) is 48.5 cm³/mol. The van der Waals surface area contributed by atoms with Gasteiger partial charge >= 0.3 is 0 Å². The molecule has 0 radical (unpaired) electrons. The summed E-state index contributed by atoms with van der Waals surface area (Å²) in [6, 6.07) is 0. The summed E-state index contributed by atoms with van der Waals surface area (Å²) < 4.78 is 0. The van der Waals surface area contributed by atoms with Crippen LogP contribution in [-0.2, 0) is 0 Å². The molecule has 0 heterocycles. The molecule has 0 atom stereocenters. The van der Waals surface area contributed by atoms with Crippen LogP contribution in [0.15, 0.2) is 0 Å². The monoisotopic (exact) mass is 160 g/mol. The number of nitrogens with one attached hydrogen (secondary N) is 3. The van der Waals surface area contributed by atoms with Gasteiger partial charge in [-0.2, -0.15) is 0 Å². The lowest BCUT2D eigenvalue weighted by atomic mass is 10.5. The van der Waals surface area contributed by atoms with Gasteiger partial charge in [0, 0.05) is 26.2 Å². The number of nitrogens with zero attached hydrogens (tertiary/aromatic N) is 1. The molecule has 4 nitrogen and oxygen atoms in total. The van der Waals surface area contributed by atoms with Crippen LogP contribution in [-0.4, -0.2) is 52.3 Å². The van der Waals surface area contributed by atoms with E-state index in [-0.39, 0.29) is 0 Å². The van der Waals surface area contributed by atoms with Crippen molar-refractivity contribution in [3.05, 3.63) is 0 Å². The Morgan fingerprint density at radius 2 is 1.36 bits per heavy atom. The molecule has 11 heavy (non-hydrogen) atoms. The molecule has 3 N–H and O–H groups in total. The Morgan fingerprint density at radius 1 is 0.909 bits per heavy atom. The number of rotatable bonds is 7. The Kier molecular flexibility index (Phi) is 7.83. The molecule has 0 saturated heterocycles. The van der Waals surface area contributed by atoms with Gasteiger partial charge in [-0.3, -0.25) is 5.43 Å². The fraction of sp³-hybridized carbons (Fsp3) is 1.00. The lowest BCUT2D eigenvalue weighted by molar-refractivity contribution is 0.211. The molecule has 0 bridgehead atoms. The van der Waals surface area contributed by atoms with E-state index in [1.807, 2.05) is 21.1 Å². The highest BCUT2D eigenvalue weighted by atomic mass is 15.5. The molecule has 0 aromatic heterocycles. The number of hydrogen-bond acceptors (Lipinski definition) is 4. The van der Waals surface area contributed by atoms with E-state index in [2.05, 4.69) is 21.1 Å². The third-order valence-corrected chi connectivity index (χ3v) is 1.58. The lowest BCUT2D eigenvalue weighted by Crippen LogP contribution is -2.42. The summed E-state index contributed by atoms with van der Waals surface area (Å²) in [5.74, 6) is 0. The zero-order chi connectivity index (χ0) is 8.53. The van der Waals surface area contributed by atoms with Gasteiger partial charge in [0.2, 0.25) is 0 Å². The summed E-state index contributed by atoms with van der Waals surface area (Å²) in [5.41, 5.74) is 3.12. The van der Waals surface area contributed by atoms with Gasteiger partial charge in [0.05, 0.1) is 0 Å². The van der Waals surface area contributed by atoms with Crippen LogP contribution in [0.5, 0.6) is 0 Å². The largest absolute Gasteiger partial charge is 0.318 e. The van der Waals surface area contributed by atoms with Gasteiger partial charge in [-0.15, -0.1) is 0 Å². The second-order valence-corrected chi connectivity index (χ2v) is 2.42. The molecule has 0 rings (SSSR count). The first-order chi connectivity index (χ1) is 5.35. The highest BCUT2D eigenvalue weighted by molar-refractivity contribution is 4.53. The number of hydrazine groups is 1. The van der Waals surface area contributed by atoms with Crippen molar-refractivity contribution >= 4 is 0 Å². The lowest BCUT2D eigenvalue weighted by Gasteiger charge is -2.20. The molecule has 0 aliphatic carbocycles. The van der Waals surface area contributed by atoms with Crippen LogP contribution < -0.4 is 16.1 Å². The third kappa shape index (κ3) is 6.25. The molecule has 0 aromatic carbocycles. The Bertz CT molecular complexity index is 68.8. The summed E-state index contributed by atoms with van der Waals surface area (Å²) in [6.07, 6.45) is 0. The highest BCUT2D eigenvalue weighted by Gasteiger charge is 1.97. The normalized spacial score (nSPS) is 10.9. The molecule has 0 fully saturated rings. The molecule has 4 heteroatoms. The Morgan fingerprint density at radius 3 is 1.64 bits per heavy atom. The fourth-order valence-corrected chi connectivity index (χ4v) is 0.829. The molecular formula is C7H20N4. The van der Waals surface area contributed by atoms with Crippen LogP contribution in [0.25, 0.3) is 0 Å². The van der Waals surface area contributed by atoms with Crippen molar-refractivity contribution in [2.24, 2.45) is 0 Å². The summed E-state index contributed by atoms with van der Waals surface area (Å²) in [5, 5.41) is 8.39. The van der Waals surface area contributed by atoms with Gasteiger partial charge in [0.1, 0.15) is 0 Å². The molecule has 0 saturated carbocycles. The molecule has 0 aliphatic rings. The SMILES string of the molecule is CNCCN(CCNC)NC. The van der Waals surface area contributed by atoms with E-state index in [4.69, 9.17) is 0 Å². The first-order valence-electron chi connectivity index (χ1n) is 4.06. The molecule has 0 unspecified atom stereocenters. The zero-order valence-corrected chi connectivity index (χ0v) is 7.78. The molecular weight excluding hydrogens is 140 g/mol. The molecule has 0 spiro atoms. The van der Waals surface area contributed by atoms with Crippen LogP contribution in [0, 0.1) is 0 Å². The van der Waals surface area contributed by atoms with Crippen molar-refractivity contribution in [2.45, 2.75) is 0 Å². The highest BCUT2D eigenvalue weighted by Crippen LogP contribution is 1.77. The van der Waals surface area contributed by atoms with Crippen molar-refractivity contribution in [1.29, 1.82) is 0 Å². The fourth-order valence-electron chi connectivity index (χ4n) is 0.829. The molecule has 0 amide bonds. The summed E-state index contributed by atoms with van der Waals surface area (Å²) >= 11 is 0. The topological polar surface area (TPSA) is 39.3 Å². The number of hydrogen-bond donors (Lipinski definition) is 3. The minimum absolute atomic E-state index is 1.02. The first-order valence-corrected chi connectivity index (χ1v) is 4.06. The summed E-state index contributed by atoms with van der Waals surface area (Å²) in [6.45, 7) is 4.11. The molecule has 68 valence electrons. The second kappa shape index (κ2) is 7.94. The predicted octanol–water partition coefficient (Wildman–Crippen LogP) is -1.14. The summed E-state index contributed by atoms with van der Waals surface area (Å²) in [4.78, 5) is 0. The van der Waals surface area contributed by atoms with Gasteiger partial charge in [-0.1, -0.05) is 0 Å². The third-order valence-electron chi connectivity index (χ3n) is 1.58. The molecule has 0 aromatic rings. The van der Waals surface area contributed by atoms with E-state index >= 15 is 0 Å². The molecule has 0 aliphatic heterocycles. The first kappa shape index (κ1) is 10.8. The second-order valence-electron chi connectivity index (χ2n) is 2.42. The van der Waals surface area contributed by atoms with E-state index in [0.29, 0.717) is 0 Å². The van der Waals surface area contributed by atoms with Crippen molar-refractivity contribution in [3.63, 3.8) is 0 Å². The maximum Gasteiger partial charge on any atom is 0.0256 e. The van der Waals surface area contributed by atoms with E-state index in [0.717, 1.165) is 26.2 Å². The standard InChI is InChI=1S/C7H20N4/c1-8-4-6-11(10-3)7-5-9-2/h8-10H,4-7H2,1-3H3. The van der Waals surface area contributed by atoms with E-state index < -0.39 is 0 Å². The van der Waals surface area contributed by atoms with Crippen LogP contribution >= 0.6 is 0 Å². The van der Waals surface area contributed by atoms with E-state index in [1.165, 1.54) is 0 Å². The average Bonchev–Trinajstić information content (AvgIpc) is 2.05. The van der Waals surface area contributed by atoms with Crippen molar-refractivity contribution in [1.82, 2.24) is 21.1 Å². The van der Waals surface area contributed by atoms with Gasteiger partial charge in [-0.05, 0) is 21.1 Å². The maximum absolute atomic E-state index is 3.12. The summed E-state index contributed by atoms with van der Waals surface area (Å²) in [7, 11) is 5.88. The smallest absolute Gasteiger partial charge is 0.0256 e. The van der Waals surface area contributed by atoms with Crippen LogP contribution in [0.3, 0.4) is 0 Å². The van der Waals surface area contributed by atoms with Gasteiger partial charge in [0.15, 0.2) is 0 Å². The van der Waals surface area contributed by atoms with Crippen LogP contribution in [0.1, 0.15) is 0 Å². The van der Waals surface area contributed by atoms with E-state index in [1.54, 1.807) is 0 Å². The maximum atomic E-state index is 3.12. The van der Waals surface area contributed by atoms with Crippen LogP contribution in [0.2, 0.25) is 0 Å². The Hall–Kier alpha value is -0.160. The number of likely N-dealkylation sites (N-methyl/N-ethyl adjacent to an activating group) is 2. The Labute approximate surface area is 69.3 Å². The van der Waals surface area contributed by atoms with E-state index in [9.17, 15) is 0 Å². The van der Waals surface area contributed by atoms with Crippen molar-refractivity contribution in [2.75, 3.05) is 47.3 Å². The van der Waals surface area contributed by atoms with Gasteiger partial charge < -0.3 is 10.6 Å². The minimum Gasteiger partial charge on any atom is -0.318 e.